The number of halogens is 5. The first-order chi connectivity index (χ1) is 8.79. The molecular formula is C13H7BrF3IO. The Kier molecular flexibility index (Phi) is 4.10. The summed E-state index contributed by atoms with van der Waals surface area (Å²) in [5.74, 6) is 0.104. The lowest BCUT2D eigenvalue weighted by Crippen LogP contribution is -2.04. The van der Waals surface area contributed by atoms with E-state index >= 15 is 0 Å². The predicted octanol–water partition coefficient (Wildman–Crippen LogP) is 5.45. The van der Waals surface area contributed by atoms with Gasteiger partial charge in [-0.25, -0.2) is 0 Å². The predicted molar refractivity (Wildman–Crippen MR) is 79.0 cm³/mol. The molecule has 2 aromatic carbocycles. The Morgan fingerprint density at radius 1 is 1.05 bits per heavy atom. The Labute approximate surface area is 129 Å². The lowest BCUT2D eigenvalue weighted by Gasteiger charge is -2.11. The number of alkyl halides is 3. The quantitative estimate of drug-likeness (QED) is 0.582. The summed E-state index contributed by atoms with van der Waals surface area (Å²) in [6.07, 6.45) is -4.38. The molecule has 0 heterocycles. The molecule has 0 saturated heterocycles. The summed E-state index contributed by atoms with van der Waals surface area (Å²) in [5, 5.41) is 9.44. The van der Waals surface area contributed by atoms with Gasteiger partial charge in [0.2, 0.25) is 0 Å². The number of benzene rings is 2. The van der Waals surface area contributed by atoms with E-state index in [1.54, 1.807) is 12.1 Å². The van der Waals surface area contributed by atoms with Gasteiger partial charge in [0, 0.05) is 4.47 Å². The van der Waals surface area contributed by atoms with E-state index in [1.807, 2.05) is 22.6 Å². The Balaban J connectivity index is 2.58. The number of hydrogen-bond acceptors (Lipinski definition) is 1. The van der Waals surface area contributed by atoms with E-state index in [1.165, 1.54) is 12.1 Å². The van der Waals surface area contributed by atoms with Crippen molar-refractivity contribution in [2.75, 3.05) is 0 Å². The standard InChI is InChI=1S/C13H7BrF3IO/c14-10-3-2-8(13(15,16)17)6-9(10)7-1-4-12(19)11(18)5-7/h1-6,19H. The van der Waals surface area contributed by atoms with Crippen LogP contribution in [0.15, 0.2) is 40.9 Å². The topological polar surface area (TPSA) is 20.2 Å². The van der Waals surface area contributed by atoms with Crippen molar-refractivity contribution in [2.45, 2.75) is 6.18 Å². The molecule has 1 N–H and O–H groups in total. The zero-order valence-corrected chi connectivity index (χ0v) is 13.0. The van der Waals surface area contributed by atoms with Crippen molar-refractivity contribution in [1.29, 1.82) is 0 Å². The Morgan fingerprint density at radius 2 is 1.74 bits per heavy atom. The van der Waals surface area contributed by atoms with Gasteiger partial charge < -0.3 is 5.11 Å². The molecule has 0 unspecified atom stereocenters. The van der Waals surface area contributed by atoms with Gasteiger partial charge >= 0.3 is 6.18 Å². The fraction of sp³-hybridized carbons (Fsp3) is 0.0769. The third-order valence-electron chi connectivity index (χ3n) is 2.55. The average Bonchev–Trinajstić information content (AvgIpc) is 2.32. The SMILES string of the molecule is Oc1ccc(-c2cc(C(F)(F)F)ccc2Br)cc1I. The monoisotopic (exact) mass is 442 g/mol. The van der Waals surface area contributed by atoms with Crippen LogP contribution in [0.25, 0.3) is 11.1 Å². The molecule has 0 aliphatic carbocycles. The Morgan fingerprint density at radius 3 is 2.32 bits per heavy atom. The second-order valence-corrected chi connectivity index (χ2v) is 5.88. The van der Waals surface area contributed by atoms with Crippen LogP contribution in [0.3, 0.4) is 0 Å². The summed E-state index contributed by atoms with van der Waals surface area (Å²) in [5.41, 5.74) is 0.349. The van der Waals surface area contributed by atoms with Crippen molar-refractivity contribution in [1.82, 2.24) is 0 Å². The third-order valence-corrected chi connectivity index (χ3v) is 4.11. The molecule has 0 atom stereocenters. The smallest absolute Gasteiger partial charge is 0.416 e. The van der Waals surface area contributed by atoms with Crippen LogP contribution in [-0.4, -0.2) is 5.11 Å². The minimum Gasteiger partial charge on any atom is -0.507 e. The first-order valence-electron chi connectivity index (χ1n) is 5.14. The summed E-state index contributed by atoms with van der Waals surface area (Å²) in [6, 6.07) is 8.17. The van der Waals surface area contributed by atoms with E-state index in [4.69, 9.17) is 0 Å². The van der Waals surface area contributed by atoms with Gasteiger partial charge in [-0.05, 0) is 64.0 Å². The zero-order chi connectivity index (χ0) is 14.2. The van der Waals surface area contributed by atoms with Crippen molar-refractivity contribution in [3.05, 3.63) is 50.0 Å². The maximum absolute atomic E-state index is 12.7. The van der Waals surface area contributed by atoms with Gasteiger partial charge in [-0.3, -0.25) is 0 Å². The third kappa shape index (κ3) is 3.22. The molecular weight excluding hydrogens is 436 g/mol. The molecule has 0 amide bonds. The van der Waals surface area contributed by atoms with E-state index in [9.17, 15) is 18.3 Å². The van der Waals surface area contributed by atoms with Crippen LogP contribution in [0.4, 0.5) is 13.2 Å². The lowest BCUT2D eigenvalue weighted by molar-refractivity contribution is -0.137. The van der Waals surface area contributed by atoms with Crippen molar-refractivity contribution in [2.24, 2.45) is 0 Å². The zero-order valence-electron chi connectivity index (χ0n) is 9.30. The Bertz CT molecular complexity index is 626. The molecule has 0 saturated carbocycles. The minimum absolute atomic E-state index is 0.104. The van der Waals surface area contributed by atoms with Crippen LogP contribution in [0.1, 0.15) is 5.56 Å². The average molecular weight is 443 g/mol. The van der Waals surface area contributed by atoms with Gasteiger partial charge in [-0.15, -0.1) is 0 Å². The van der Waals surface area contributed by atoms with Crippen molar-refractivity contribution >= 4 is 38.5 Å². The maximum atomic E-state index is 12.7. The summed E-state index contributed by atoms with van der Waals surface area (Å²) < 4.78 is 39.3. The fourth-order valence-electron chi connectivity index (χ4n) is 1.60. The molecule has 100 valence electrons. The molecule has 6 heteroatoms. The van der Waals surface area contributed by atoms with Gasteiger partial charge in [0.1, 0.15) is 5.75 Å². The molecule has 19 heavy (non-hydrogen) atoms. The number of rotatable bonds is 1. The molecule has 0 aromatic heterocycles. The molecule has 0 radical (unpaired) electrons. The van der Waals surface area contributed by atoms with Gasteiger partial charge in [0.05, 0.1) is 9.13 Å². The second kappa shape index (κ2) is 5.32. The molecule has 0 aliphatic heterocycles. The number of hydrogen-bond donors (Lipinski definition) is 1. The molecule has 1 nitrogen and oxygen atoms in total. The van der Waals surface area contributed by atoms with Gasteiger partial charge in [-0.1, -0.05) is 22.0 Å². The van der Waals surface area contributed by atoms with Gasteiger partial charge in [0.15, 0.2) is 0 Å². The highest BCUT2D eigenvalue weighted by molar-refractivity contribution is 14.1. The van der Waals surface area contributed by atoms with E-state index in [-0.39, 0.29) is 5.75 Å². The second-order valence-electron chi connectivity index (χ2n) is 3.86. The molecule has 0 fully saturated rings. The van der Waals surface area contributed by atoms with Crippen LogP contribution in [-0.2, 0) is 6.18 Å². The fourth-order valence-corrected chi connectivity index (χ4v) is 2.59. The van der Waals surface area contributed by atoms with Gasteiger partial charge in [0.25, 0.3) is 0 Å². The van der Waals surface area contributed by atoms with Crippen LogP contribution >= 0.6 is 38.5 Å². The van der Waals surface area contributed by atoms with E-state index in [2.05, 4.69) is 15.9 Å². The number of aromatic hydroxyl groups is 1. The summed E-state index contributed by atoms with van der Waals surface area (Å²) in [6.45, 7) is 0. The summed E-state index contributed by atoms with van der Waals surface area (Å²) in [4.78, 5) is 0. The van der Waals surface area contributed by atoms with Crippen LogP contribution in [0, 0.1) is 3.57 Å². The maximum Gasteiger partial charge on any atom is 0.416 e. The minimum atomic E-state index is -4.38. The first-order valence-corrected chi connectivity index (χ1v) is 7.02. The summed E-state index contributed by atoms with van der Waals surface area (Å²) in [7, 11) is 0. The van der Waals surface area contributed by atoms with E-state index in [0.717, 1.165) is 12.1 Å². The van der Waals surface area contributed by atoms with Crippen LogP contribution in [0.5, 0.6) is 5.75 Å². The van der Waals surface area contributed by atoms with Crippen molar-refractivity contribution < 1.29 is 18.3 Å². The van der Waals surface area contributed by atoms with Gasteiger partial charge in [-0.2, -0.15) is 13.2 Å². The molecule has 2 rings (SSSR count). The van der Waals surface area contributed by atoms with Crippen molar-refractivity contribution in [3.63, 3.8) is 0 Å². The molecule has 0 aliphatic rings. The molecule has 0 bridgehead atoms. The highest BCUT2D eigenvalue weighted by atomic mass is 127. The highest BCUT2D eigenvalue weighted by Gasteiger charge is 2.31. The lowest BCUT2D eigenvalue weighted by atomic mass is 10.0. The Hall–Kier alpha value is -0.760. The number of phenolic OH excluding ortho intramolecular Hbond substituents is 1. The molecule has 2 aromatic rings. The van der Waals surface area contributed by atoms with E-state index in [0.29, 0.717) is 19.2 Å². The molecule has 0 spiro atoms. The normalized spacial score (nSPS) is 11.6. The van der Waals surface area contributed by atoms with Crippen LogP contribution in [0.2, 0.25) is 0 Å². The van der Waals surface area contributed by atoms with Crippen molar-refractivity contribution in [3.8, 4) is 16.9 Å². The van der Waals surface area contributed by atoms with Crippen LogP contribution < -0.4 is 0 Å². The number of phenols is 1. The largest absolute Gasteiger partial charge is 0.507 e. The summed E-state index contributed by atoms with van der Waals surface area (Å²) >= 11 is 5.17. The first kappa shape index (κ1) is 14.6. The highest BCUT2D eigenvalue weighted by Crippen LogP contribution is 2.37. The van der Waals surface area contributed by atoms with E-state index < -0.39 is 11.7 Å².